The number of aromatic amines is 1. The third-order valence-corrected chi connectivity index (χ3v) is 5.70. The highest BCUT2D eigenvalue weighted by Crippen LogP contribution is 2.34. The van der Waals surface area contributed by atoms with Crippen LogP contribution in [0.3, 0.4) is 0 Å². The summed E-state index contributed by atoms with van der Waals surface area (Å²) < 4.78 is 5.32. The molecule has 0 amide bonds. The summed E-state index contributed by atoms with van der Waals surface area (Å²) in [4.78, 5) is 15.3. The zero-order chi connectivity index (χ0) is 19.1. The molecular formula is C22H23N5O. The summed E-state index contributed by atoms with van der Waals surface area (Å²) in [5, 5.41) is 5.35. The Hall–Kier alpha value is -2.99. The predicted octanol–water partition coefficient (Wildman–Crippen LogP) is 4.57. The van der Waals surface area contributed by atoms with Crippen molar-refractivity contribution < 1.29 is 4.52 Å². The first-order valence-electron chi connectivity index (χ1n) is 9.75. The third kappa shape index (κ3) is 2.90. The molecule has 0 aliphatic carbocycles. The van der Waals surface area contributed by atoms with E-state index >= 15 is 0 Å². The monoisotopic (exact) mass is 373 g/mol. The Morgan fingerprint density at radius 1 is 1.21 bits per heavy atom. The Morgan fingerprint density at radius 2 is 2.11 bits per heavy atom. The number of aromatic nitrogens is 4. The van der Waals surface area contributed by atoms with Crippen molar-refractivity contribution in [2.24, 2.45) is 0 Å². The van der Waals surface area contributed by atoms with Gasteiger partial charge in [-0.3, -0.25) is 9.88 Å². The average molecular weight is 373 g/mol. The summed E-state index contributed by atoms with van der Waals surface area (Å²) in [5.74, 6) is 0.783. The number of fused-ring (bicyclic) bond motifs is 1. The van der Waals surface area contributed by atoms with E-state index in [2.05, 4.69) is 50.5 Å². The lowest BCUT2D eigenvalue weighted by atomic mass is 10.1. The normalized spacial score (nSPS) is 17.6. The van der Waals surface area contributed by atoms with Crippen molar-refractivity contribution in [1.29, 1.82) is 0 Å². The van der Waals surface area contributed by atoms with Crippen LogP contribution in [0.5, 0.6) is 0 Å². The molecule has 4 aromatic rings. The first-order valence-corrected chi connectivity index (χ1v) is 9.75. The van der Waals surface area contributed by atoms with Crippen molar-refractivity contribution >= 4 is 10.9 Å². The minimum Gasteiger partial charge on any atom is -0.361 e. The first-order chi connectivity index (χ1) is 13.7. The number of hydrogen-bond donors (Lipinski definition) is 1. The predicted molar refractivity (Wildman–Crippen MR) is 108 cm³/mol. The molecule has 142 valence electrons. The van der Waals surface area contributed by atoms with Crippen LogP contribution in [0.2, 0.25) is 0 Å². The van der Waals surface area contributed by atoms with Gasteiger partial charge in [0.05, 0.1) is 41.1 Å². The summed E-state index contributed by atoms with van der Waals surface area (Å²) in [7, 11) is 0. The lowest BCUT2D eigenvalue weighted by Gasteiger charge is -2.24. The summed E-state index contributed by atoms with van der Waals surface area (Å²) in [6.45, 7) is 5.84. The molecule has 0 radical (unpaired) electrons. The molecule has 0 bridgehead atoms. The summed E-state index contributed by atoms with van der Waals surface area (Å²) >= 11 is 0. The Bertz CT molecular complexity index is 1110. The van der Waals surface area contributed by atoms with Crippen molar-refractivity contribution in [2.75, 3.05) is 6.54 Å². The van der Waals surface area contributed by atoms with Crippen LogP contribution in [0.4, 0.5) is 0 Å². The van der Waals surface area contributed by atoms with Crippen LogP contribution >= 0.6 is 0 Å². The molecule has 0 saturated carbocycles. The second-order valence-electron chi connectivity index (χ2n) is 7.52. The molecule has 5 rings (SSSR count). The molecular weight excluding hydrogens is 350 g/mol. The van der Waals surface area contributed by atoms with E-state index in [1.807, 2.05) is 20.0 Å². The molecule has 1 aliphatic rings. The summed E-state index contributed by atoms with van der Waals surface area (Å²) in [6, 6.07) is 8.75. The standard InChI is InChI=1S/C22H23N5O/c1-14-22(15(2)28-26-14)20-12-23-11-19(25-20)21-8-5-9-27(21)13-16-10-24-18-7-4-3-6-17(16)18/h3-4,6-7,10-12,21,24H,5,8-9,13H2,1-2H3/t21-/m1/s1. The Labute approximate surface area is 163 Å². The molecule has 0 spiro atoms. The van der Waals surface area contributed by atoms with Crippen LogP contribution in [0.25, 0.3) is 22.2 Å². The number of rotatable bonds is 4. The van der Waals surface area contributed by atoms with Gasteiger partial charge in [0.2, 0.25) is 0 Å². The number of likely N-dealkylation sites (tertiary alicyclic amines) is 1. The smallest absolute Gasteiger partial charge is 0.143 e. The largest absolute Gasteiger partial charge is 0.361 e. The zero-order valence-corrected chi connectivity index (χ0v) is 16.1. The van der Waals surface area contributed by atoms with Gasteiger partial charge in [0.25, 0.3) is 0 Å². The van der Waals surface area contributed by atoms with Gasteiger partial charge < -0.3 is 9.51 Å². The van der Waals surface area contributed by atoms with E-state index in [1.54, 1.807) is 6.20 Å². The van der Waals surface area contributed by atoms with Crippen molar-refractivity contribution in [3.05, 3.63) is 65.6 Å². The number of para-hydroxylation sites is 1. The Morgan fingerprint density at radius 3 is 2.96 bits per heavy atom. The quantitative estimate of drug-likeness (QED) is 0.567. The number of H-pyrrole nitrogens is 1. The van der Waals surface area contributed by atoms with Crippen LogP contribution in [0.1, 0.15) is 41.6 Å². The lowest BCUT2D eigenvalue weighted by Crippen LogP contribution is -2.23. The van der Waals surface area contributed by atoms with E-state index in [0.29, 0.717) is 0 Å². The van der Waals surface area contributed by atoms with Crippen LogP contribution in [-0.2, 0) is 6.54 Å². The molecule has 6 heteroatoms. The Kier molecular flexibility index (Phi) is 4.20. The van der Waals surface area contributed by atoms with Gasteiger partial charge in [-0.1, -0.05) is 23.4 Å². The molecule has 1 aromatic carbocycles. The van der Waals surface area contributed by atoms with E-state index in [4.69, 9.17) is 9.51 Å². The average Bonchev–Trinajstić information content (AvgIpc) is 3.42. The molecule has 4 heterocycles. The fraction of sp³-hybridized carbons (Fsp3) is 0.318. The summed E-state index contributed by atoms with van der Waals surface area (Å²) in [6.07, 6.45) is 8.10. The Balaban J connectivity index is 1.45. The van der Waals surface area contributed by atoms with Crippen molar-refractivity contribution in [3.63, 3.8) is 0 Å². The van der Waals surface area contributed by atoms with E-state index in [0.717, 1.165) is 47.9 Å². The SMILES string of the molecule is Cc1noc(C)c1-c1cncc([C@H]2CCCN2Cc2c[nH]c3ccccc23)n1. The number of hydrogen-bond acceptors (Lipinski definition) is 5. The number of benzene rings is 1. The van der Waals surface area contributed by atoms with Gasteiger partial charge in [0, 0.05) is 23.6 Å². The van der Waals surface area contributed by atoms with Crippen LogP contribution < -0.4 is 0 Å². The van der Waals surface area contributed by atoms with E-state index < -0.39 is 0 Å². The molecule has 1 atom stereocenters. The second-order valence-corrected chi connectivity index (χ2v) is 7.52. The maximum absolute atomic E-state index is 5.32. The highest BCUT2D eigenvalue weighted by atomic mass is 16.5. The van der Waals surface area contributed by atoms with Gasteiger partial charge in [0.1, 0.15) is 5.76 Å². The molecule has 0 unspecified atom stereocenters. The molecule has 1 fully saturated rings. The highest BCUT2D eigenvalue weighted by molar-refractivity contribution is 5.83. The van der Waals surface area contributed by atoms with Gasteiger partial charge in [-0.25, -0.2) is 4.98 Å². The van der Waals surface area contributed by atoms with Gasteiger partial charge in [0.15, 0.2) is 0 Å². The minimum absolute atomic E-state index is 0.279. The van der Waals surface area contributed by atoms with Crippen LogP contribution in [0.15, 0.2) is 47.4 Å². The van der Waals surface area contributed by atoms with Crippen LogP contribution in [-0.4, -0.2) is 31.6 Å². The fourth-order valence-electron chi connectivity index (χ4n) is 4.34. The molecule has 1 aliphatic heterocycles. The molecule has 3 aromatic heterocycles. The van der Waals surface area contributed by atoms with Crippen molar-refractivity contribution in [3.8, 4) is 11.3 Å². The molecule has 28 heavy (non-hydrogen) atoms. The minimum atomic E-state index is 0.279. The molecule has 1 saturated heterocycles. The van der Waals surface area contributed by atoms with Gasteiger partial charge >= 0.3 is 0 Å². The number of nitrogens with one attached hydrogen (secondary N) is 1. The third-order valence-electron chi connectivity index (χ3n) is 5.70. The summed E-state index contributed by atoms with van der Waals surface area (Å²) in [5.41, 5.74) is 6.19. The maximum Gasteiger partial charge on any atom is 0.143 e. The highest BCUT2D eigenvalue weighted by Gasteiger charge is 2.28. The van der Waals surface area contributed by atoms with Gasteiger partial charge in [-0.05, 0) is 44.9 Å². The second kappa shape index (κ2) is 6.87. The topological polar surface area (TPSA) is 70.8 Å². The number of nitrogens with zero attached hydrogens (tertiary/aromatic N) is 4. The first kappa shape index (κ1) is 17.1. The lowest BCUT2D eigenvalue weighted by molar-refractivity contribution is 0.245. The van der Waals surface area contributed by atoms with E-state index in [9.17, 15) is 0 Å². The van der Waals surface area contributed by atoms with Gasteiger partial charge in [-0.15, -0.1) is 0 Å². The zero-order valence-electron chi connectivity index (χ0n) is 16.1. The van der Waals surface area contributed by atoms with Crippen LogP contribution in [0, 0.1) is 13.8 Å². The maximum atomic E-state index is 5.32. The molecule has 1 N–H and O–H groups in total. The fourth-order valence-corrected chi connectivity index (χ4v) is 4.34. The van der Waals surface area contributed by atoms with Gasteiger partial charge in [-0.2, -0.15) is 0 Å². The van der Waals surface area contributed by atoms with E-state index in [1.165, 1.54) is 22.9 Å². The number of aryl methyl sites for hydroxylation is 2. The van der Waals surface area contributed by atoms with Crippen molar-refractivity contribution in [2.45, 2.75) is 39.3 Å². The molecule has 6 nitrogen and oxygen atoms in total. The van der Waals surface area contributed by atoms with E-state index in [-0.39, 0.29) is 6.04 Å². The van der Waals surface area contributed by atoms with Crippen molar-refractivity contribution in [1.82, 2.24) is 25.0 Å².